The largest absolute Gasteiger partial charge is 0.359 e. The molecular formula is C19H20BrClN4O3S. The molecule has 1 fully saturated rings. The smallest absolute Gasteiger partial charge is 0.262 e. The van der Waals surface area contributed by atoms with E-state index < -0.39 is 5.54 Å². The van der Waals surface area contributed by atoms with Gasteiger partial charge in [0.1, 0.15) is 5.54 Å². The van der Waals surface area contributed by atoms with Crippen molar-refractivity contribution in [3.63, 3.8) is 0 Å². The molecule has 7 nitrogen and oxygen atoms in total. The van der Waals surface area contributed by atoms with Gasteiger partial charge in [-0.2, -0.15) is 0 Å². The molecule has 2 aromatic rings. The summed E-state index contributed by atoms with van der Waals surface area (Å²) in [5.41, 5.74) is 0.102. The fourth-order valence-electron chi connectivity index (χ4n) is 2.81. The van der Waals surface area contributed by atoms with E-state index in [-0.39, 0.29) is 24.3 Å². The molecule has 0 saturated carbocycles. The zero-order valence-corrected chi connectivity index (χ0v) is 19.0. The number of thiophene rings is 1. The molecule has 1 aliphatic heterocycles. The Morgan fingerprint density at radius 1 is 1.28 bits per heavy atom. The van der Waals surface area contributed by atoms with Crippen LogP contribution in [0.2, 0.25) is 5.02 Å². The van der Waals surface area contributed by atoms with Gasteiger partial charge in [0.25, 0.3) is 5.91 Å². The van der Waals surface area contributed by atoms with Crippen molar-refractivity contribution in [2.75, 3.05) is 29.9 Å². The molecule has 29 heavy (non-hydrogen) atoms. The Morgan fingerprint density at radius 2 is 2.03 bits per heavy atom. The maximum atomic E-state index is 12.7. The number of anilines is 2. The van der Waals surface area contributed by atoms with Gasteiger partial charge in [0.05, 0.1) is 25.9 Å². The fourth-order valence-corrected chi connectivity index (χ4v) is 4.39. The van der Waals surface area contributed by atoms with Crippen LogP contribution >= 0.6 is 38.9 Å². The van der Waals surface area contributed by atoms with Crippen LogP contribution < -0.4 is 20.9 Å². The molecule has 3 amide bonds. The van der Waals surface area contributed by atoms with Crippen LogP contribution in [0.4, 0.5) is 11.4 Å². The molecule has 1 aromatic carbocycles. The monoisotopic (exact) mass is 498 g/mol. The summed E-state index contributed by atoms with van der Waals surface area (Å²) < 4.78 is 0.839. The molecule has 0 unspecified atom stereocenters. The van der Waals surface area contributed by atoms with E-state index in [0.717, 1.165) is 9.47 Å². The summed E-state index contributed by atoms with van der Waals surface area (Å²) in [4.78, 5) is 39.1. The predicted octanol–water partition coefficient (Wildman–Crippen LogP) is 3.25. The first-order valence-electron chi connectivity index (χ1n) is 8.86. The minimum Gasteiger partial charge on any atom is -0.359 e. The third-order valence-corrected chi connectivity index (χ3v) is 6.30. The molecule has 3 N–H and O–H groups in total. The lowest BCUT2D eigenvalue weighted by Crippen LogP contribution is -2.52. The fraction of sp³-hybridized carbons (Fsp3) is 0.316. The molecule has 154 valence electrons. The lowest BCUT2D eigenvalue weighted by atomic mass is 10.0. The van der Waals surface area contributed by atoms with E-state index in [1.165, 1.54) is 11.3 Å². The summed E-state index contributed by atoms with van der Waals surface area (Å²) in [6.07, 6.45) is 0. The van der Waals surface area contributed by atoms with Crippen molar-refractivity contribution in [1.82, 2.24) is 10.6 Å². The molecule has 2 heterocycles. The number of halogens is 2. The summed E-state index contributed by atoms with van der Waals surface area (Å²) >= 11 is 11.0. The second kappa shape index (κ2) is 8.73. The average molecular weight is 500 g/mol. The molecular weight excluding hydrogens is 480 g/mol. The molecule has 0 atom stereocenters. The van der Waals surface area contributed by atoms with Crippen LogP contribution in [0.25, 0.3) is 0 Å². The topological polar surface area (TPSA) is 90.5 Å². The maximum Gasteiger partial charge on any atom is 0.262 e. The molecule has 0 radical (unpaired) electrons. The Labute approximate surface area is 185 Å². The maximum absolute atomic E-state index is 12.7. The van der Waals surface area contributed by atoms with Crippen LogP contribution in [0.15, 0.2) is 34.1 Å². The van der Waals surface area contributed by atoms with Crippen LogP contribution in [-0.4, -0.2) is 42.9 Å². The number of rotatable bonds is 5. The summed E-state index contributed by atoms with van der Waals surface area (Å²) in [7, 11) is 0. The summed E-state index contributed by atoms with van der Waals surface area (Å²) in [6.45, 7) is 4.72. The van der Waals surface area contributed by atoms with Crippen LogP contribution in [0.1, 0.15) is 23.5 Å². The molecule has 1 aromatic heterocycles. The number of hydrogen-bond donors (Lipinski definition) is 3. The number of benzene rings is 1. The second-order valence-corrected chi connectivity index (χ2v) is 9.94. The molecule has 10 heteroatoms. The Bertz CT molecular complexity index is 963. The molecule has 0 aliphatic carbocycles. The predicted molar refractivity (Wildman–Crippen MR) is 119 cm³/mol. The van der Waals surface area contributed by atoms with Crippen molar-refractivity contribution in [1.29, 1.82) is 0 Å². The Hall–Kier alpha value is -2.10. The highest BCUT2D eigenvalue weighted by Crippen LogP contribution is 2.29. The first kappa shape index (κ1) is 21.6. The zero-order valence-electron chi connectivity index (χ0n) is 15.8. The van der Waals surface area contributed by atoms with E-state index in [4.69, 9.17) is 11.6 Å². The van der Waals surface area contributed by atoms with E-state index in [9.17, 15) is 14.4 Å². The lowest BCUT2D eigenvalue weighted by molar-refractivity contribution is -0.121. The highest BCUT2D eigenvalue weighted by atomic mass is 79.9. The van der Waals surface area contributed by atoms with Gasteiger partial charge in [-0.05, 0) is 60.1 Å². The van der Waals surface area contributed by atoms with E-state index in [1.807, 2.05) is 4.90 Å². The van der Waals surface area contributed by atoms with Gasteiger partial charge >= 0.3 is 0 Å². The average Bonchev–Trinajstić information content (AvgIpc) is 3.08. The van der Waals surface area contributed by atoms with Gasteiger partial charge in [-0.25, -0.2) is 0 Å². The van der Waals surface area contributed by atoms with E-state index in [1.54, 1.807) is 44.2 Å². The second-order valence-electron chi connectivity index (χ2n) is 7.07. The van der Waals surface area contributed by atoms with Crippen molar-refractivity contribution in [2.45, 2.75) is 19.4 Å². The third kappa shape index (κ3) is 5.29. The highest BCUT2D eigenvalue weighted by Gasteiger charge is 2.30. The van der Waals surface area contributed by atoms with Gasteiger partial charge in [0.15, 0.2) is 0 Å². The first-order chi connectivity index (χ1) is 13.7. The van der Waals surface area contributed by atoms with E-state index in [2.05, 4.69) is 31.9 Å². The normalized spacial score (nSPS) is 14.3. The number of nitrogens with zero attached hydrogens (tertiary/aromatic N) is 1. The minimum absolute atomic E-state index is 0.0556. The van der Waals surface area contributed by atoms with Gasteiger partial charge in [0, 0.05) is 18.8 Å². The Kier molecular flexibility index (Phi) is 6.50. The minimum atomic E-state index is -1.14. The molecule has 0 spiro atoms. The summed E-state index contributed by atoms with van der Waals surface area (Å²) in [6, 6.07) is 8.60. The van der Waals surface area contributed by atoms with Gasteiger partial charge in [-0.15, -0.1) is 11.3 Å². The Morgan fingerprint density at radius 3 is 2.66 bits per heavy atom. The number of amides is 3. The SMILES string of the molecule is CC(C)(NC(=O)c1ccc(Br)s1)C(=O)Nc1ccc(N2CCNC(=O)C2)c(Cl)c1. The molecule has 3 rings (SSSR count). The van der Waals surface area contributed by atoms with Gasteiger partial charge < -0.3 is 20.9 Å². The number of carbonyl (C=O) groups excluding carboxylic acids is 3. The molecule has 1 saturated heterocycles. The summed E-state index contributed by atoms with van der Waals surface area (Å²) in [5, 5.41) is 8.72. The van der Waals surface area contributed by atoms with Gasteiger partial charge in [-0.3, -0.25) is 14.4 Å². The number of hydrogen-bond acceptors (Lipinski definition) is 5. The number of piperazine rings is 1. The number of nitrogens with one attached hydrogen (secondary N) is 3. The number of carbonyl (C=O) groups is 3. The zero-order chi connectivity index (χ0) is 21.2. The van der Waals surface area contributed by atoms with Crippen molar-refractivity contribution in [3.05, 3.63) is 44.0 Å². The lowest BCUT2D eigenvalue weighted by Gasteiger charge is -2.29. The summed E-state index contributed by atoms with van der Waals surface area (Å²) in [5.74, 6) is -0.750. The van der Waals surface area contributed by atoms with Crippen molar-refractivity contribution in [2.24, 2.45) is 0 Å². The van der Waals surface area contributed by atoms with Crippen molar-refractivity contribution < 1.29 is 14.4 Å². The molecule has 1 aliphatic rings. The van der Waals surface area contributed by atoms with Gasteiger partial charge in [-0.1, -0.05) is 11.6 Å². The Balaban J connectivity index is 1.66. The van der Waals surface area contributed by atoms with E-state index >= 15 is 0 Å². The third-order valence-electron chi connectivity index (χ3n) is 4.38. The van der Waals surface area contributed by atoms with E-state index in [0.29, 0.717) is 28.7 Å². The van der Waals surface area contributed by atoms with Crippen molar-refractivity contribution in [3.8, 4) is 0 Å². The van der Waals surface area contributed by atoms with Crippen molar-refractivity contribution >= 4 is 68.0 Å². The van der Waals surface area contributed by atoms with Crippen LogP contribution in [0.3, 0.4) is 0 Å². The van der Waals surface area contributed by atoms with Crippen LogP contribution in [0, 0.1) is 0 Å². The van der Waals surface area contributed by atoms with Crippen LogP contribution in [-0.2, 0) is 9.59 Å². The quantitative estimate of drug-likeness (QED) is 0.589. The van der Waals surface area contributed by atoms with Gasteiger partial charge in [0.2, 0.25) is 11.8 Å². The van der Waals surface area contributed by atoms with Crippen LogP contribution in [0.5, 0.6) is 0 Å². The first-order valence-corrected chi connectivity index (χ1v) is 10.8. The standard InChI is InChI=1S/C19H20BrClN4O3S/c1-19(2,24-17(27)14-5-6-15(20)29-14)18(28)23-11-3-4-13(12(21)9-11)25-8-7-22-16(26)10-25/h3-6,9H,7-8,10H2,1-2H3,(H,22,26)(H,23,28)(H,24,27). The highest BCUT2D eigenvalue weighted by molar-refractivity contribution is 9.11. The molecule has 0 bridgehead atoms.